The Morgan fingerprint density at radius 2 is 2.39 bits per heavy atom. The van der Waals surface area contributed by atoms with Gasteiger partial charge in [-0.2, -0.15) is 0 Å². The number of hydrogen-bond acceptors (Lipinski definition) is 5. The lowest BCUT2D eigenvalue weighted by molar-refractivity contribution is -0.106. The normalized spacial score (nSPS) is 24.3. The Morgan fingerprint density at radius 3 is 3.09 bits per heavy atom. The van der Waals surface area contributed by atoms with Gasteiger partial charge in [0.15, 0.2) is 11.4 Å². The number of thioether (sulfide) groups is 1. The molecule has 2 aliphatic rings. The van der Waals surface area contributed by atoms with Gasteiger partial charge in [-0.15, -0.1) is 11.6 Å². The second-order valence-corrected chi connectivity index (χ2v) is 7.00. The topological polar surface area (TPSA) is 64.2 Å². The van der Waals surface area contributed by atoms with E-state index in [4.69, 9.17) is 21.1 Å². The maximum Gasteiger partial charge on any atom is 0.294 e. The average molecular weight is 355 g/mol. The van der Waals surface area contributed by atoms with Crippen molar-refractivity contribution in [3.8, 4) is 5.75 Å². The molecule has 3 rings (SSSR count). The van der Waals surface area contributed by atoms with Crippen molar-refractivity contribution in [2.24, 2.45) is 0 Å². The van der Waals surface area contributed by atoms with Crippen LogP contribution in [0.5, 0.6) is 5.75 Å². The molecular weight excluding hydrogens is 336 g/mol. The summed E-state index contributed by atoms with van der Waals surface area (Å²) in [6, 6.07) is 0. The highest BCUT2D eigenvalue weighted by Gasteiger charge is 2.17. The van der Waals surface area contributed by atoms with Crippen LogP contribution in [0.4, 0.5) is 0 Å². The van der Waals surface area contributed by atoms with E-state index in [2.05, 4.69) is 16.0 Å². The van der Waals surface area contributed by atoms with E-state index >= 15 is 0 Å². The minimum atomic E-state index is -0.341. The summed E-state index contributed by atoms with van der Waals surface area (Å²) in [4.78, 5) is 19.1. The molecule has 1 N–H and O–H groups in total. The number of aromatic amines is 1. The standard InChI is InChI=1S/C16H19ClN2O3S/c17-12-6-4-11(5-7-12)10-23-16-18-9-13(15(20)19-16)22-14-3-1-2-8-21-14/h4-6,9,12,14H,1-3,7-8,10H2,(H,18,19,20). The van der Waals surface area contributed by atoms with Crippen LogP contribution in [0.3, 0.4) is 0 Å². The van der Waals surface area contributed by atoms with Gasteiger partial charge >= 0.3 is 0 Å². The van der Waals surface area contributed by atoms with Crippen LogP contribution in [-0.4, -0.2) is 34.0 Å². The van der Waals surface area contributed by atoms with E-state index in [-0.39, 0.29) is 23.0 Å². The van der Waals surface area contributed by atoms with Gasteiger partial charge in [0.25, 0.3) is 5.56 Å². The van der Waals surface area contributed by atoms with Gasteiger partial charge in [-0.1, -0.05) is 30.0 Å². The first-order valence-corrected chi connectivity index (χ1v) is 9.14. The van der Waals surface area contributed by atoms with E-state index in [1.165, 1.54) is 23.5 Å². The Morgan fingerprint density at radius 1 is 1.48 bits per heavy atom. The second kappa shape index (κ2) is 8.04. The predicted octanol–water partition coefficient (Wildman–Crippen LogP) is 3.26. The number of halogens is 1. The van der Waals surface area contributed by atoms with E-state index in [0.29, 0.717) is 11.8 Å². The number of ether oxygens (including phenoxy) is 2. The summed E-state index contributed by atoms with van der Waals surface area (Å²) in [6.07, 6.45) is 11.0. The van der Waals surface area contributed by atoms with Crippen LogP contribution < -0.4 is 10.3 Å². The molecule has 1 aliphatic carbocycles. The van der Waals surface area contributed by atoms with Crippen LogP contribution in [0, 0.1) is 0 Å². The van der Waals surface area contributed by atoms with Gasteiger partial charge < -0.3 is 9.47 Å². The molecular formula is C16H19ClN2O3S. The van der Waals surface area contributed by atoms with Crippen molar-refractivity contribution in [2.75, 3.05) is 12.4 Å². The molecule has 7 heteroatoms. The van der Waals surface area contributed by atoms with Gasteiger partial charge in [-0.3, -0.25) is 9.78 Å². The zero-order valence-electron chi connectivity index (χ0n) is 12.7. The number of alkyl halides is 1. The Hall–Kier alpha value is -1.24. The van der Waals surface area contributed by atoms with Crippen molar-refractivity contribution >= 4 is 23.4 Å². The van der Waals surface area contributed by atoms with E-state index in [0.717, 1.165) is 31.4 Å². The molecule has 124 valence electrons. The Balaban J connectivity index is 1.56. The molecule has 1 fully saturated rings. The zero-order chi connectivity index (χ0) is 16.1. The molecule has 2 atom stereocenters. The van der Waals surface area contributed by atoms with Gasteiger partial charge in [-0.05, 0) is 24.8 Å². The summed E-state index contributed by atoms with van der Waals surface area (Å²) >= 11 is 7.48. The summed E-state index contributed by atoms with van der Waals surface area (Å²) in [7, 11) is 0. The number of rotatable bonds is 5. The molecule has 0 radical (unpaired) electrons. The quantitative estimate of drug-likeness (QED) is 0.499. The van der Waals surface area contributed by atoms with Crippen molar-refractivity contribution in [3.63, 3.8) is 0 Å². The summed E-state index contributed by atoms with van der Waals surface area (Å²) in [6.45, 7) is 0.676. The number of H-pyrrole nitrogens is 1. The lowest BCUT2D eigenvalue weighted by Gasteiger charge is -2.22. The summed E-state index contributed by atoms with van der Waals surface area (Å²) in [5.74, 6) is 0.956. The van der Waals surface area contributed by atoms with Gasteiger partial charge in [0.1, 0.15) is 0 Å². The maximum atomic E-state index is 12.1. The second-order valence-electron chi connectivity index (χ2n) is 5.47. The van der Waals surface area contributed by atoms with Gasteiger partial charge in [0.05, 0.1) is 18.2 Å². The summed E-state index contributed by atoms with van der Waals surface area (Å²) < 4.78 is 11.0. The van der Waals surface area contributed by atoms with Crippen LogP contribution in [0.15, 0.2) is 39.9 Å². The van der Waals surface area contributed by atoms with E-state index in [1.54, 1.807) is 0 Å². The summed E-state index contributed by atoms with van der Waals surface area (Å²) in [5.41, 5.74) is 0.913. The van der Waals surface area contributed by atoms with Gasteiger partial charge in [0.2, 0.25) is 5.75 Å². The van der Waals surface area contributed by atoms with E-state index in [1.807, 2.05) is 12.2 Å². The van der Waals surface area contributed by atoms with E-state index in [9.17, 15) is 4.79 Å². The molecule has 23 heavy (non-hydrogen) atoms. The summed E-state index contributed by atoms with van der Waals surface area (Å²) in [5, 5.41) is 0.661. The van der Waals surface area contributed by atoms with Crippen molar-refractivity contribution < 1.29 is 9.47 Å². The van der Waals surface area contributed by atoms with Crippen molar-refractivity contribution in [2.45, 2.75) is 42.5 Å². The van der Waals surface area contributed by atoms with Crippen LogP contribution in [0.25, 0.3) is 0 Å². The lowest BCUT2D eigenvalue weighted by Crippen LogP contribution is -2.27. The largest absolute Gasteiger partial charge is 0.458 e. The smallest absolute Gasteiger partial charge is 0.294 e. The molecule has 1 aromatic rings. The molecule has 1 saturated heterocycles. The van der Waals surface area contributed by atoms with Crippen LogP contribution in [0.2, 0.25) is 0 Å². The molecule has 1 aromatic heterocycles. The van der Waals surface area contributed by atoms with Crippen LogP contribution in [0.1, 0.15) is 25.7 Å². The Bertz CT molecular complexity index is 653. The third-order valence-corrected chi connectivity index (χ3v) is 4.92. The highest BCUT2D eigenvalue weighted by Crippen LogP contribution is 2.22. The lowest BCUT2D eigenvalue weighted by atomic mass is 10.1. The number of aromatic nitrogens is 2. The van der Waals surface area contributed by atoms with Crippen LogP contribution >= 0.6 is 23.4 Å². The fraction of sp³-hybridized carbons (Fsp3) is 0.500. The average Bonchev–Trinajstić information content (AvgIpc) is 2.57. The first-order chi connectivity index (χ1) is 11.2. The van der Waals surface area contributed by atoms with Crippen molar-refractivity contribution in [1.82, 2.24) is 9.97 Å². The van der Waals surface area contributed by atoms with Gasteiger partial charge in [0, 0.05) is 12.2 Å². The molecule has 2 heterocycles. The number of allylic oxidation sites excluding steroid dienone is 3. The van der Waals surface area contributed by atoms with E-state index < -0.39 is 0 Å². The number of nitrogens with one attached hydrogen (secondary N) is 1. The monoisotopic (exact) mass is 354 g/mol. The minimum absolute atomic E-state index is 0.0834. The molecule has 5 nitrogen and oxygen atoms in total. The maximum absolute atomic E-state index is 12.1. The zero-order valence-corrected chi connectivity index (χ0v) is 14.2. The molecule has 1 aliphatic heterocycles. The Labute approximate surface area is 144 Å². The number of nitrogens with zero attached hydrogens (tertiary/aromatic N) is 1. The fourth-order valence-corrected chi connectivity index (χ4v) is 3.34. The number of hydrogen-bond donors (Lipinski definition) is 1. The Kier molecular flexibility index (Phi) is 5.80. The van der Waals surface area contributed by atoms with Crippen molar-refractivity contribution in [1.29, 1.82) is 0 Å². The molecule has 0 bridgehead atoms. The minimum Gasteiger partial charge on any atom is -0.458 e. The first-order valence-electron chi connectivity index (χ1n) is 7.72. The van der Waals surface area contributed by atoms with Gasteiger partial charge in [-0.25, -0.2) is 4.98 Å². The molecule has 0 saturated carbocycles. The molecule has 0 spiro atoms. The first kappa shape index (κ1) is 16.6. The fourth-order valence-electron chi connectivity index (χ4n) is 2.37. The predicted molar refractivity (Wildman–Crippen MR) is 91.3 cm³/mol. The van der Waals surface area contributed by atoms with Crippen LogP contribution in [-0.2, 0) is 4.74 Å². The molecule has 0 amide bonds. The highest BCUT2D eigenvalue weighted by atomic mass is 35.5. The third-order valence-electron chi connectivity index (χ3n) is 3.64. The van der Waals surface area contributed by atoms with Crippen molar-refractivity contribution in [3.05, 3.63) is 40.4 Å². The molecule has 2 unspecified atom stereocenters. The highest BCUT2D eigenvalue weighted by molar-refractivity contribution is 7.99. The third kappa shape index (κ3) is 4.86. The molecule has 0 aromatic carbocycles. The SMILES string of the molecule is O=c1[nH]c(SCC2=CCC(Cl)C=C2)ncc1OC1CCCCO1.